The third-order valence-electron chi connectivity index (χ3n) is 5.64. The summed E-state index contributed by atoms with van der Waals surface area (Å²) in [7, 11) is 0. The second-order valence-corrected chi connectivity index (χ2v) is 9.25. The molecular formula is C21H29NO5. The maximum Gasteiger partial charge on any atom is 0.407 e. The molecule has 3 aliphatic heterocycles. The lowest BCUT2D eigenvalue weighted by molar-refractivity contribution is -0.244. The van der Waals surface area contributed by atoms with Crippen molar-refractivity contribution in [3.8, 4) is 0 Å². The quantitative estimate of drug-likeness (QED) is 0.819. The summed E-state index contributed by atoms with van der Waals surface area (Å²) >= 11 is 0. The summed E-state index contributed by atoms with van der Waals surface area (Å²) in [5, 5.41) is 3.03. The second kappa shape index (κ2) is 6.19. The summed E-state index contributed by atoms with van der Waals surface area (Å²) in [4.78, 5) is 12.4. The van der Waals surface area contributed by atoms with Crippen LogP contribution in [0.3, 0.4) is 0 Å². The van der Waals surface area contributed by atoms with Crippen molar-refractivity contribution >= 4 is 6.09 Å². The summed E-state index contributed by atoms with van der Waals surface area (Å²) < 4.78 is 24.1. The van der Waals surface area contributed by atoms with Gasteiger partial charge in [-0.25, -0.2) is 4.79 Å². The fourth-order valence-electron chi connectivity index (χ4n) is 4.58. The molecule has 6 heteroatoms. The fraction of sp³-hybridized carbons (Fsp3) is 0.667. The topological polar surface area (TPSA) is 69.3 Å². The van der Waals surface area contributed by atoms with Crippen LogP contribution in [0.4, 0.5) is 4.79 Å². The number of hydrogen-bond donors (Lipinski definition) is 1. The van der Waals surface area contributed by atoms with Crippen molar-refractivity contribution in [3.05, 3.63) is 35.9 Å². The minimum atomic E-state index is -0.591. The summed E-state index contributed by atoms with van der Waals surface area (Å²) in [6, 6.07) is 9.80. The van der Waals surface area contributed by atoms with Crippen molar-refractivity contribution in [2.24, 2.45) is 0 Å². The lowest BCUT2D eigenvalue weighted by Gasteiger charge is -2.48. The van der Waals surface area contributed by atoms with E-state index in [9.17, 15) is 4.79 Å². The number of amides is 1. The Balaban J connectivity index is 1.53. The molecule has 0 spiro atoms. The number of benzene rings is 1. The first-order chi connectivity index (χ1) is 12.6. The van der Waals surface area contributed by atoms with E-state index >= 15 is 0 Å². The number of nitrogens with one attached hydrogen (secondary N) is 1. The molecule has 0 saturated carbocycles. The van der Waals surface area contributed by atoms with Crippen molar-refractivity contribution in [2.75, 3.05) is 0 Å². The predicted molar refractivity (Wildman–Crippen MR) is 99.3 cm³/mol. The number of hydrogen-bond acceptors (Lipinski definition) is 5. The molecule has 3 saturated heterocycles. The first-order valence-corrected chi connectivity index (χ1v) is 9.61. The van der Waals surface area contributed by atoms with Gasteiger partial charge >= 0.3 is 6.09 Å². The molecular weight excluding hydrogens is 346 g/mol. The molecule has 6 nitrogen and oxygen atoms in total. The van der Waals surface area contributed by atoms with Crippen LogP contribution in [0, 0.1) is 0 Å². The molecule has 0 aromatic heterocycles. The van der Waals surface area contributed by atoms with Crippen LogP contribution in [0.25, 0.3) is 0 Å². The van der Waals surface area contributed by atoms with E-state index in [1.165, 1.54) is 0 Å². The van der Waals surface area contributed by atoms with E-state index in [0.29, 0.717) is 13.0 Å². The molecule has 3 aliphatic rings. The van der Waals surface area contributed by atoms with Crippen LogP contribution >= 0.6 is 0 Å². The van der Waals surface area contributed by atoms with Gasteiger partial charge in [0.1, 0.15) is 29.5 Å². The van der Waals surface area contributed by atoms with Gasteiger partial charge in [-0.1, -0.05) is 30.3 Å². The largest absolute Gasteiger partial charge is 0.444 e. The maximum atomic E-state index is 12.4. The van der Waals surface area contributed by atoms with Gasteiger partial charge < -0.3 is 24.3 Å². The zero-order valence-electron chi connectivity index (χ0n) is 16.7. The minimum absolute atomic E-state index is 0.00806. The third-order valence-corrected chi connectivity index (χ3v) is 5.64. The van der Waals surface area contributed by atoms with Gasteiger partial charge in [0.15, 0.2) is 0 Å². The Morgan fingerprint density at radius 2 is 1.93 bits per heavy atom. The van der Waals surface area contributed by atoms with Gasteiger partial charge in [-0.15, -0.1) is 0 Å². The standard InChI is InChI=1S/C21H29NO5/c1-19(2,3)26-18(23)22-14-11-20(4)16-17(25-16)21(5,27-20)15(14)24-12-13-9-7-6-8-10-13/h6-10,14-17H,11-12H2,1-5H3,(H,22,23)/t14-,15-,16+,17-,20-,21+/m1/s1. The van der Waals surface area contributed by atoms with Crippen molar-refractivity contribution < 1.29 is 23.7 Å². The van der Waals surface area contributed by atoms with Gasteiger partial charge in [-0.2, -0.15) is 0 Å². The third kappa shape index (κ3) is 3.46. The van der Waals surface area contributed by atoms with E-state index in [1.807, 2.05) is 58.0 Å². The molecule has 2 bridgehead atoms. The van der Waals surface area contributed by atoms with Gasteiger partial charge in [-0.3, -0.25) is 0 Å². The maximum absolute atomic E-state index is 12.4. The average Bonchev–Trinajstić information content (AvgIpc) is 3.32. The summed E-state index contributed by atoms with van der Waals surface area (Å²) in [5.41, 5.74) is -0.470. The molecule has 148 valence electrons. The number of rotatable bonds is 4. The number of alkyl carbamates (subject to hydrolysis) is 1. The van der Waals surface area contributed by atoms with Gasteiger partial charge in [0.2, 0.25) is 0 Å². The van der Waals surface area contributed by atoms with Gasteiger partial charge in [0.05, 0.1) is 18.2 Å². The SMILES string of the molecule is CC(C)(C)OC(=O)N[C@@H]1C[C@@]2(C)O[C@@](C)([C@@H]1OCc1ccccc1)[C@@H]1O[C@@H]12. The van der Waals surface area contributed by atoms with E-state index in [0.717, 1.165) is 5.56 Å². The molecule has 4 rings (SSSR count). The van der Waals surface area contributed by atoms with Crippen molar-refractivity contribution in [3.63, 3.8) is 0 Å². The van der Waals surface area contributed by atoms with Crippen LogP contribution in [0.15, 0.2) is 30.3 Å². The monoisotopic (exact) mass is 375 g/mol. The van der Waals surface area contributed by atoms with E-state index in [4.69, 9.17) is 18.9 Å². The Labute approximate surface area is 160 Å². The normalized spacial score (nSPS) is 39.6. The summed E-state index contributed by atoms with van der Waals surface area (Å²) in [6.45, 7) is 10.1. The Kier molecular flexibility index (Phi) is 4.29. The molecule has 0 aliphatic carbocycles. The van der Waals surface area contributed by atoms with Gasteiger partial charge in [-0.05, 0) is 40.2 Å². The Bertz CT molecular complexity index is 717. The van der Waals surface area contributed by atoms with Crippen LogP contribution in [-0.2, 0) is 25.6 Å². The predicted octanol–water partition coefficient (Wildman–Crippen LogP) is 3.18. The van der Waals surface area contributed by atoms with Crippen LogP contribution in [-0.4, -0.2) is 47.3 Å². The fourth-order valence-corrected chi connectivity index (χ4v) is 4.58. The molecule has 1 amide bonds. The molecule has 3 heterocycles. The molecule has 6 atom stereocenters. The van der Waals surface area contributed by atoms with Crippen LogP contribution in [0.1, 0.15) is 46.6 Å². The van der Waals surface area contributed by atoms with Crippen LogP contribution in [0.2, 0.25) is 0 Å². The molecule has 3 fully saturated rings. The highest BCUT2D eigenvalue weighted by atomic mass is 16.7. The van der Waals surface area contributed by atoms with Gasteiger partial charge in [0.25, 0.3) is 0 Å². The summed E-state index contributed by atoms with van der Waals surface area (Å²) in [5.74, 6) is 0. The molecule has 0 unspecified atom stereocenters. The lowest BCUT2D eigenvalue weighted by Crippen LogP contribution is -2.64. The second-order valence-electron chi connectivity index (χ2n) is 9.25. The minimum Gasteiger partial charge on any atom is -0.444 e. The molecule has 27 heavy (non-hydrogen) atoms. The lowest BCUT2D eigenvalue weighted by atomic mass is 9.86. The number of carbonyl (C=O) groups is 1. The zero-order chi connectivity index (χ0) is 19.4. The van der Waals surface area contributed by atoms with Crippen molar-refractivity contribution in [1.29, 1.82) is 0 Å². The summed E-state index contributed by atoms with van der Waals surface area (Å²) in [6.07, 6.45) is -0.0493. The van der Waals surface area contributed by atoms with Crippen molar-refractivity contribution in [1.82, 2.24) is 5.32 Å². The molecule has 1 aromatic rings. The van der Waals surface area contributed by atoms with E-state index in [-0.39, 0.29) is 24.4 Å². The molecule has 1 aromatic carbocycles. The first-order valence-electron chi connectivity index (χ1n) is 9.61. The first kappa shape index (κ1) is 18.7. The number of fused-ring (bicyclic) bond motifs is 5. The van der Waals surface area contributed by atoms with Crippen molar-refractivity contribution in [2.45, 2.75) is 88.8 Å². The highest BCUT2D eigenvalue weighted by molar-refractivity contribution is 5.68. The molecule has 0 radical (unpaired) electrons. The highest BCUT2D eigenvalue weighted by Gasteiger charge is 2.76. The molecule has 1 N–H and O–H groups in total. The average molecular weight is 375 g/mol. The highest BCUT2D eigenvalue weighted by Crippen LogP contribution is 2.59. The van der Waals surface area contributed by atoms with Crippen LogP contribution < -0.4 is 5.32 Å². The number of carbonyl (C=O) groups excluding carboxylic acids is 1. The smallest absolute Gasteiger partial charge is 0.407 e. The Hall–Kier alpha value is -1.63. The number of epoxide rings is 1. The Morgan fingerprint density at radius 1 is 1.22 bits per heavy atom. The van der Waals surface area contributed by atoms with Crippen LogP contribution in [0.5, 0.6) is 0 Å². The van der Waals surface area contributed by atoms with Gasteiger partial charge in [0, 0.05) is 6.42 Å². The van der Waals surface area contributed by atoms with E-state index in [1.54, 1.807) is 0 Å². The Morgan fingerprint density at radius 3 is 2.59 bits per heavy atom. The number of ether oxygens (including phenoxy) is 4. The van der Waals surface area contributed by atoms with E-state index < -0.39 is 22.9 Å². The zero-order valence-corrected chi connectivity index (χ0v) is 16.7. The van der Waals surface area contributed by atoms with E-state index in [2.05, 4.69) is 12.2 Å².